The van der Waals surface area contributed by atoms with E-state index in [9.17, 15) is 4.79 Å². The molecular weight excluding hydrogens is 294 g/mol. The minimum atomic E-state index is -0.245. The maximum absolute atomic E-state index is 11.7. The van der Waals surface area contributed by atoms with Gasteiger partial charge in [0.25, 0.3) is 0 Å². The molecular formula is C13H12BrN3O. The summed E-state index contributed by atoms with van der Waals surface area (Å²) in [7, 11) is 0. The number of hydrogen-bond donors (Lipinski definition) is 2. The lowest BCUT2D eigenvalue weighted by atomic mass is 10.2. The van der Waals surface area contributed by atoms with E-state index in [4.69, 9.17) is 0 Å². The molecule has 0 fully saturated rings. The number of nitrogens with one attached hydrogen (secondary N) is 2. The molecule has 0 aliphatic rings. The van der Waals surface area contributed by atoms with Crippen LogP contribution in [0.4, 0.5) is 10.5 Å². The van der Waals surface area contributed by atoms with Gasteiger partial charge < -0.3 is 10.6 Å². The maximum atomic E-state index is 11.7. The Balaban J connectivity index is 1.88. The van der Waals surface area contributed by atoms with E-state index < -0.39 is 0 Å². The molecule has 2 N–H and O–H groups in total. The molecule has 0 radical (unpaired) electrons. The molecule has 5 heteroatoms. The van der Waals surface area contributed by atoms with Crippen LogP contribution in [0.15, 0.2) is 53.3 Å². The molecule has 0 saturated heterocycles. The number of aromatic nitrogens is 1. The number of pyridine rings is 1. The lowest BCUT2D eigenvalue weighted by Gasteiger charge is -2.08. The monoisotopic (exact) mass is 305 g/mol. The third kappa shape index (κ3) is 3.56. The van der Waals surface area contributed by atoms with Gasteiger partial charge in [-0.05, 0) is 27.6 Å². The number of carbonyl (C=O) groups excluding carboxylic acids is 1. The van der Waals surface area contributed by atoms with Crippen molar-refractivity contribution in [2.24, 2.45) is 0 Å². The van der Waals surface area contributed by atoms with Gasteiger partial charge in [0.05, 0.1) is 10.2 Å². The van der Waals surface area contributed by atoms with Gasteiger partial charge in [-0.3, -0.25) is 4.98 Å². The topological polar surface area (TPSA) is 54.0 Å². The van der Waals surface area contributed by atoms with Crippen LogP contribution < -0.4 is 10.6 Å². The van der Waals surface area contributed by atoms with E-state index in [0.29, 0.717) is 12.2 Å². The van der Waals surface area contributed by atoms with E-state index in [1.165, 1.54) is 0 Å². The van der Waals surface area contributed by atoms with Gasteiger partial charge in [0, 0.05) is 18.9 Å². The van der Waals surface area contributed by atoms with Gasteiger partial charge in [-0.25, -0.2) is 4.79 Å². The second-order valence-electron chi connectivity index (χ2n) is 3.65. The van der Waals surface area contributed by atoms with Crippen molar-refractivity contribution in [1.82, 2.24) is 10.3 Å². The molecule has 1 aromatic carbocycles. The summed E-state index contributed by atoms with van der Waals surface area (Å²) in [4.78, 5) is 15.6. The van der Waals surface area contributed by atoms with Crippen LogP contribution in [0.25, 0.3) is 0 Å². The van der Waals surface area contributed by atoms with Crippen molar-refractivity contribution < 1.29 is 4.79 Å². The zero-order chi connectivity index (χ0) is 12.8. The summed E-state index contributed by atoms with van der Waals surface area (Å²) in [6.07, 6.45) is 3.25. The normalized spacial score (nSPS) is 9.83. The van der Waals surface area contributed by atoms with E-state index >= 15 is 0 Å². The van der Waals surface area contributed by atoms with E-state index in [0.717, 1.165) is 10.0 Å². The second-order valence-corrected chi connectivity index (χ2v) is 4.50. The number of halogens is 1. The SMILES string of the molecule is O=C(NCc1ccccc1)Nc1ccncc1Br. The van der Waals surface area contributed by atoms with Gasteiger partial charge >= 0.3 is 6.03 Å². The van der Waals surface area contributed by atoms with Gasteiger partial charge in [-0.2, -0.15) is 0 Å². The van der Waals surface area contributed by atoms with Gasteiger partial charge in [0.15, 0.2) is 0 Å². The molecule has 0 atom stereocenters. The zero-order valence-electron chi connectivity index (χ0n) is 9.56. The summed E-state index contributed by atoms with van der Waals surface area (Å²) < 4.78 is 0.750. The van der Waals surface area contributed by atoms with Crippen molar-refractivity contribution in [3.63, 3.8) is 0 Å². The highest BCUT2D eigenvalue weighted by atomic mass is 79.9. The van der Waals surface area contributed by atoms with Crippen LogP contribution >= 0.6 is 15.9 Å². The summed E-state index contributed by atoms with van der Waals surface area (Å²) in [5.41, 5.74) is 1.75. The number of amides is 2. The van der Waals surface area contributed by atoms with Crippen molar-refractivity contribution >= 4 is 27.6 Å². The molecule has 0 spiro atoms. The number of nitrogens with zero attached hydrogens (tertiary/aromatic N) is 1. The predicted octanol–water partition coefficient (Wildman–Crippen LogP) is 3.17. The van der Waals surface area contributed by atoms with Crippen LogP contribution in [0.5, 0.6) is 0 Å². The number of anilines is 1. The first-order valence-electron chi connectivity index (χ1n) is 5.44. The highest BCUT2D eigenvalue weighted by molar-refractivity contribution is 9.10. The molecule has 1 aromatic heterocycles. The predicted molar refractivity (Wildman–Crippen MR) is 74.2 cm³/mol. The summed E-state index contributed by atoms with van der Waals surface area (Å²) in [5, 5.41) is 5.53. The smallest absolute Gasteiger partial charge is 0.319 e. The number of benzene rings is 1. The molecule has 0 unspecified atom stereocenters. The molecule has 0 bridgehead atoms. The molecule has 18 heavy (non-hydrogen) atoms. The quantitative estimate of drug-likeness (QED) is 0.915. The van der Waals surface area contributed by atoms with E-state index in [2.05, 4.69) is 31.5 Å². The van der Waals surface area contributed by atoms with Crippen LogP contribution in [0, 0.1) is 0 Å². The molecule has 4 nitrogen and oxygen atoms in total. The first-order valence-corrected chi connectivity index (χ1v) is 6.23. The largest absolute Gasteiger partial charge is 0.334 e. The minimum Gasteiger partial charge on any atom is -0.334 e. The van der Waals surface area contributed by atoms with E-state index in [-0.39, 0.29) is 6.03 Å². The Morgan fingerprint density at radius 2 is 2.00 bits per heavy atom. The summed E-state index contributed by atoms with van der Waals surface area (Å²) in [6, 6.07) is 11.2. The van der Waals surface area contributed by atoms with E-state index in [1.54, 1.807) is 18.5 Å². The van der Waals surface area contributed by atoms with Crippen molar-refractivity contribution in [3.05, 3.63) is 58.8 Å². The summed E-state index contributed by atoms with van der Waals surface area (Å²) in [6.45, 7) is 0.495. The molecule has 2 rings (SSSR count). The third-order valence-corrected chi connectivity index (χ3v) is 2.95. The molecule has 2 aromatic rings. The lowest BCUT2D eigenvalue weighted by Crippen LogP contribution is -2.28. The number of rotatable bonds is 3. The highest BCUT2D eigenvalue weighted by Gasteiger charge is 2.04. The van der Waals surface area contributed by atoms with Crippen molar-refractivity contribution in [2.75, 3.05) is 5.32 Å². The van der Waals surface area contributed by atoms with Crippen molar-refractivity contribution in [2.45, 2.75) is 6.54 Å². The van der Waals surface area contributed by atoms with Gasteiger partial charge in [-0.15, -0.1) is 0 Å². The van der Waals surface area contributed by atoms with Crippen LogP contribution in [0.2, 0.25) is 0 Å². The molecule has 0 aliphatic heterocycles. The first kappa shape index (κ1) is 12.6. The fourth-order valence-corrected chi connectivity index (χ4v) is 1.77. The Bertz CT molecular complexity index is 531. The standard InChI is InChI=1S/C13H12BrN3O/c14-11-9-15-7-6-12(11)17-13(18)16-8-10-4-2-1-3-5-10/h1-7,9H,8H2,(H2,15,16,17,18). The van der Waals surface area contributed by atoms with E-state index in [1.807, 2.05) is 30.3 Å². The van der Waals surface area contributed by atoms with Crippen molar-refractivity contribution in [1.29, 1.82) is 0 Å². The Hall–Kier alpha value is -1.88. The van der Waals surface area contributed by atoms with Gasteiger partial charge in [0.1, 0.15) is 0 Å². The highest BCUT2D eigenvalue weighted by Crippen LogP contribution is 2.19. The molecule has 92 valence electrons. The van der Waals surface area contributed by atoms with Gasteiger partial charge in [0.2, 0.25) is 0 Å². The fourth-order valence-electron chi connectivity index (χ4n) is 1.42. The number of carbonyl (C=O) groups is 1. The maximum Gasteiger partial charge on any atom is 0.319 e. The zero-order valence-corrected chi connectivity index (χ0v) is 11.1. The Labute approximate surface area is 114 Å². The lowest BCUT2D eigenvalue weighted by molar-refractivity contribution is 0.251. The average molecular weight is 306 g/mol. The molecule has 1 heterocycles. The Kier molecular flexibility index (Phi) is 4.30. The Morgan fingerprint density at radius 3 is 2.72 bits per heavy atom. The molecule has 2 amide bonds. The molecule has 0 saturated carbocycles. The van der Waals surface area contributed by atoms with Crippen LogP contribution in [-0.4, -0.2) is 11.0 Å². The second kappa shape index (κ2) is 6.16. The average Bonchev–Trinajstić information content (AvgIpc) is 2.40. The first-order chi connectivity index (χ1) is 8.75. The minimum absolute atomic E-state index is 0.245. The van der Waals surface area contributed by atoms with Crippen molar-refractivity contribution in [3.8, 4) is 0 Å². The van der Waals surface area contributed by atoms with Crippen LogP contribution in [0.1, 0.15) is 5.56 Å². The number of urea groups is 1. The van der Waals surface area contributed by atoms with Crippen LogP contribution in [0.3, 0.4) is 0 Å². The Morgan fingerprint density at radius 1 is 1.22 bits per heavy atom. The third-order valence-electron chi connectivity index (χ3n) is 2.32. The number of hydrogen-bond acceptors (Lipinski definition) is 2. The fraction of sp³-hybridized carbons (Fsp3) is 0.0769. The van der Waals surface area contributed by atoms with Gasteiger partial charge in [-0.1, -0.05) is 30.3 Å². The van der Waals surface area contributed by atoms with Crippen LogP contribution in [-0.2, 0) is 6.54 Å². The summed E-state index contributed by atoms with van der Waals surface area (Å²) in [5.74, 6) is 0. The summed E-state index contributed by atoms with van der Waals surface area (Å²) >= 11 is 3.32. The molecule has 0 aliphatic carbocycles.